The van der Waals surface area contributed by atoms with E-state index in [0.29, 0.717) is 42.7 Å². The maximum absolute atomic E-state index is 14.8. The van der Waals surface area contributed by atoms with Gasteiger partial charge in [0.2, 0.25) is 5.91 Å². The Morgan fingerprint density at radius 2 is 1.82 bits per heavy atom. The third-order valence-corrected chi connectivity index (χ3v) is 6.51. The van der Waals surface area contributed by atoms with Gasteiger partial charge in [0.25, 0.3) is 11.8 Å². The molecule has 1 aromatic heterocycles. The highest BCUT2D eigenvalue weighted by molar-refractivity contribution is 6.10. The van der Waals surface area contributed by atoms with Crippen LogP contribution >= 0.6 is 0 Å². The number of aryl methyl sites for hydroxylation is 2. The van der Waals surface area contributed by atoms with Gasteiger partial charge in [0.05, 0.1) is 0 Å². The van der Waals surface area contributed by atoms with Crippen LogP contribution in [0, 0.1) is 19.7 Å². The predicted molar refractivity (Wildman–Crippen MR) is 125 cm³/mol. The molecule has 0 bridgehead atoms. The van der Waals surface area contributed by atoms with Gasteiger partial charge in [-0.1, -0.05) is 12.1 Å². The zero-order valence-corrected chi connectivity index (χ0v) is 19.0. The first-order valence-electron chi connectivity index (χ1n) is 11.2. The van der Waals surface area contributed by atoms with Crippen molar-refractivity contribution in [3.63, 3.8) is 0 Å². The molecule has 1 saturated heterocycles. The van der Waals surface area contributed by atoms with E-state index in [0.717, 1.165) is 17.7 Å². The molecule has 0 atom stereocenters. The molecule has 0 radical (unpaired) electrons. The van der Waals surface area contributed by atoms with Crippen molar-refractivity contribution in [3.8, 4) is 5.69 Å². The van der Waals surface area contributed by atoms with Crippen molar-refractivity contribution in [2.45, 2.75) is 33.1 Å². The van der Waals surface area contributed by atoms with E-state index in [9.17, 15) is 18.8 Å². The first-order valence-corrected chi connectivity index (χ1v) is 11.2. The Balaban J connectivity index is 1.59. The van der Waals surface area contributed by atoms with E-state index < -0.39 is 17.6 Å². The molecule has 3 heterocycles. The molecular formula is C25H24FN5O3. The molecule has 3 aromatic rings. The number of halogens is 1. The van der Waals surface area contributed by atoms with Crippen molar-refractivity contribution in [1.82, 2.24) is 9.78 Å². The molecule has 8 nitrogen and oxygen atoms in total. The molecule has 1 fully saturated rings. The highest BCUT2D eigenvalue weighted by Crippen LogP contribution is 2.33. The number of aromatic nitrogens is 2. The number of hydrogen-bond acceptors (Lipinski definition) is 4. The predicted octanol–water partition coefficient (Wildman–Crippen LogP) is 3.06. The van der Waals surface area contributed by atoms with Crippen molar-refractivity contribution >= 4 is 29.1 Å². The summed E-state index contributed by atoms with van der Waals surface area (Å²) in [6, 6.07) is 10.1. The van der Waals surface area contributed by atoms with E-state index in [1.807, 2.05) is 25.1 Å². The van der Waals surface area contributed by atoms with Crippen molar-refractivity contribution in [1.29, 1.82) is 0 Å². The Morgan fingerprint density at radius 3 is 2.47 bits per heavy atom. The molecule has 0 aliphatic carbocycles. The van der Waals surface area contributed by atoms with Crippen LogP contribution in [0.5, 0.6) is 0 Å². The zero-order valence-electron chi connectivity index (χ0n) is 19.0. The van der Waals surface area contributed by atoms with Gasteiger partial charge < -0.3 is 15.5 Å². The van der Waals surface area contributed by atoms with E-state index in [2.05, 4.69) is 5.10 Å². The number of nitrogens with two attached hydrogens (primary N) is 1. The lowest BCUT2D eigenvalue weighted by Gasteiger charge is -2.30. The molecular weight excluding hydrogens is 437 g/mol. The molecule has 174 valence electrons. The molecule has 0 spiro atoms. The average molecular weight is 461 g/mol. The van der Waals surface area contributed by atoms with Crippen LogP contribution < -0.4 is 15.5 Å². The second-order valence-corrected chi connectivity index (χ2v) is 8.68. The molecule has 2 aromatic carbocycles. The standard InChI is InChI=1S/C25H24FN5O3/c1-14-5-3-6-18(26)22(14)31-23-17(21(28-31)24(27)33)10-12-30(25(23)34)19-9-8-16(13-15(19)2)29-11-4-7-20(29)32/h3,5-6,8-9,13H,4,7,10-12H2,1-2H3,(H2,27,33). The Bertz CT molecular complexity index is 1340. The lowest BCUT2D eigenvalue weighted by atomic mass is 10.0. The summed E-state index contributed by atoms with van der Waals surface area (Å²) in [7, 11) is 0. The van der Waals surface area contributed by atoms with Crippen LogP contribution in [0.4, 0.5) is 15.8 Å². The van der Waals surface area contributed by atoms with Gasteiger partial charge in [-0.25, -0.2) is 9.07 Å². The Labute approximate surface area is 195 Å². The van der Waals surface area contributed by atoms with E-state index in [4.69, 9.17) is 5.73 Å². The number of hydrogen-bond donors (Lipinski definition) is 1. The lowest BCUT2D eigenvalue weighted by Crippen LogP contribution is -2.39. The van der Waals surface area contributed by atoms with Crippen molar-refractivity contribution in [3.05, 3.63) is 70.3 Å². The van der Waals surface area contributed by atoms with Crippen LogP contribution in [-0.4, -0.2) is 40.6 Å². The van der Waals surface area contributed by atoms with Crippen LogP contribution in [0.25, 0.3) is 5.69 Å². The number of rotatable bonds is 4. The van der Waals surface area contributed by atoms with Crippen LogP contribution in [-0.2, 0) is 11.2 Å². The summed E-state index contributed by atoms with van der Waals surface area (Å²) < 4.78 is 16.0. The largest absolute Gasteiger partial charge is 0.364 e. The third kappa shape index (κ3) is 3.35. The normalized spacial score (nSPS) is 15.7. The van der Waals surface area contributed by atoms with Crippen molar-refractivity contribution in [2.75, 3.05) is 22.9 Å². The number of para-hydroxylation sites is 1. The average Bonchev–Trinajstić information content (AvgIpc) is 3.39. The minimum Gasteiger partial charge on any atom is -0.364 e. The van der Waals surface area contributed by atoms with E-state index in [1.54, 1.807) is 28.9 Å². The zero-order chi connectivity index (χ0) is 24.1. The number of carbonyl (C=O) groups excluding carboxylic acids is 3. The monoisotopic (exact) mass is 461 g/mol. The number of nitrogens with zero attached hydrogens (tertiary/aromatic N) is 4. The molecule has 34 heavy (non-hydrogen) atoms. The molecule has 9 heteroatoms. The number of carbonyl (C=O) groups is 3. The van der Waals surface area contributed by atoms with E-state index in [-0.39, 0.29) is 23.0 Å². The topological polar surface area (TPSA) is 102 Å². The molecule has 0 saturated carbocycles. The molecule has 3 amide bonds. The number of anilines is 2. The lowest BCUT2D eigenvalue weighted by molar-refractivity contribution is -0.117. The fraction of sp³-hybridized carbons (Fsp3) is 0.280. The maximum Gasteiger partial charge on any atom is 0.277 e. The number of amides is 3. The quantitative estimate of drug-likeness (QED) is 0.645. The van der Waals surface area contributed by atoms with Gasteiger partial charge >= 0.3 is 0 Å². The minimum absolute atomic E-state index is 0.0229. The van der Waals surface area contributed by atoms with Crippen LogP contribution in [0.3, 0.4) is 0 Å². The summed E-state index contributed by atoms with van der Waals surface area (Å²) >= 11 is 0. The Hall–Kier alpha value is -4.01. The van der Waals surface area contributed by atoms with Gasteiger partial charge in [-0.15, -0.1) is 0 Å². The SMILES string of the molecule is Cc1cc(N2CCCC2=O)ccc1N1CCc2c(C(N)=O)nn(-c3c(C)cccc3F)c2C1=O. The van der Waals surface area contributed by atoms with Gasteiger partial charge in [0.15, 0.2) is 5.69 Å². The summed E-state index contributed by atoms with van der Waals surface area (Å²) in [6.45, 7) is 4.59. The fourth-order valence-electron chi connectivity index (χ4n) is 4.87. The van der Waals surface area contributed by atoms with Gasteiger partial charge in [-0.05, 0) is 62.1 Å². The van der Waals surface area contributed by atoms with Crippen molar-refractivity contribution in [2.24, 2.45) is 5.73 Å². The molecule has 2 aliphatic rings. The minimum atomic E-state index is -0.763. The first-order chi connectivity index (χ1) is 16.3. The molecule has 5 rings (SSSR count). The summed E-state index contributed by atoms with van der Waals surface area (Å²) in [6.07, 6.45) is 1.71. The highest BCUT2D eigenvalue weighted by atomic mass is 19.1. The fourth-order valence-corrected chi connectivity index (χ4v) is 4.87. The number of fused-ring (bicyclic) bond motifs is 1. The van der Waals surface area contributed by atoms with Gasteiger partial charge in [0.1, 0.15) is 17.2 Å². The number of benzene rings is 2. The summed E-state index contributed by atoms with van der Waals surface area (Å²) in [5.74, 6) is -1.62. The van der Waals surface area contributed by atoms with E-state index >= 15 is 0 Å². The maximum atomic E-state index is 14.8. The van der Waals surface area contributed by atoms with E-state index in [1.165, 1.54) is 10.7 Å². The molecule has 2 aliphatic heterocycles. The van der Waals surface area contributed by atoms with Crippen LogP contribution in [0.2, 0.25) is 0 Å². The second kappa shape index (κ2) is 8.09. The van der Waals surface area contributed by atoms with Crippen LogP contribution in [0.15, 0.2) is 36.4 Å². The Morgan fingerprint density at radius 1 is 1.03 bits per heavy atom. The van der Waals surface area contributed by atoms with Gasteiger partial charge in [-0.3, -0.25) is 14.4 Å². The highest BCUT2D eigenvalue weighted by Gasteiger charge is 2.36. The van der Waals surface area contributed by atoms with Gasteiger partial charge in [0, 0.05) is 36.4 Å². The second-order valence-electron chi connectivity index (χ2n) is 8.68. The first kappa shape index (κ1) is 21.8. The summed E-state index contributed by atoms with van der Waals surface area (Å²) in [5, 5.41) is 4.27. The Kier molecular flexibility index (Phi) is 5.19. The molecule has 2 N–H and O–H groups in total. The number of primary amides is 1. The van der Waals surface area contributed by atoms with Crippen molar-refractivity contribution < 1.29 is 18.8 Å². The van der Waals surface area contributed by atoms with Gasteiger partial charge in [-0.2, -0.15) is 5.10 Å². The summed E-state index contributed by atoms with van der Waals surface area (Å²) in [5.41, 5.74) is 9.08. The summed E-state index contributed by atoms with van der Waals surface area (Å²) in [4.78, 5) is 41.3. The molecule has 0 unspecified atom stereocenters. The van der Waals surface area contributed by atoms with Crippen LogP contribution in [0.1, 0.15) is 50.5 Å². The smallest absolute Gasteiger partial charge is 0.277 e. The third-order valence-electron chi connectivity index (χ3n) is 6.51.